The number of unbranched alkanes of at least 4 members (excludes halogenated alkanes) is 18. The van der Waals surface area contributed by atoms with Crippen LogP contribution in [-0.4, -0.2) is 13.2 Å². The first-order valence-electron chi connectivity index (χ1n) is 16.2. The first-order valence-corrected chi connectivity index (χ1v) is 19.5. The minimum absolute atomic E-state index is 0.780. The zero-order chi connectivity index (χ0) is 28.4. The molecule has 0 atom stereocenters. The lowest BCUT2D eigenvalue weighted by Crippen LogP contribution is -2.00. The average molecular weight is 717 g/mol. The summed E-state index contributed by atoms with van der Waals surface area (Å²) in [4.78, 5) is 0. The summed E-state index contributed by atoms with van der Waals surface area (Å²) >= 11 is 11.0. The quantitative estimate of drug-likeness (QED) is 0.0860. The van der Waals surface area contributed by atoms with Crippen LogP contribution in [0, 0.1) is 0 Å². The monoisotopic (exact) mass is 714 g/mol. The van der Waals surface area contributed by atoms with Crippen LogP contribution in [0.4, 0.5) is 0 Å². The lowest BCUT2D eigenvalue weighted by atomic mass is 10.1. The van der Waals surface area contributed by atoms with Crippen LogP contribution in [0.15, 0.2) is 19.7 Å². The van der Waals surface area contributed by atoms with E-state index >= 15 is 0 Å². The van der Waals surface area contributed by atoms with Crippen LogP contribution in [0.25, 0.3) is 20.2 Å². The van der Waals surface area contributed by atoms with Gasteiger partial charge in [0.25, 0.3) is 0 Å². The van der Waals surface area contributed by atoms with Crippen LogP contribution in [0.5, 0.6) is 11.5 Å². The van der Waals surface area contributed by atoms with Crippen molar-refractivity contribution >= 4 is 74.7 Å². The molecule has 2 nitrogen and oxygen atoms in total. The molecule has 3 aromatic rings. The minimum atomic E-state index is 0.780. The first-order chi connectivity index (χ1) is 19.7. The number of thiophene rings is 2. The standard InChI is InChI=1S/C34H52Br2O2S2/c1-3-5-7-9-11-13-15-17-19-21-23-37-31-27-25-29(35)40-34(27)32(28-26-30(36)39-33(28)31)38-24-22-20-18-16-14-12-10-8-6-4-2/h25-26H,3-24H2,1-2H3. The van der Waals surface area contributed by atoms with Crippen LogP contribution in [0.3, 0.4) is 0 Å². The van der Waals surface area contributed by atoms with Crippen molar-refractivity contribution in [3.8, 4) is 11.5 Å². The Morgan fingerprint density at radius 1 is 0.475 bits per heavy atom. The maximum Gasteiger partial charge on any atom is 0.146 e. The Morgan fingerprint density at radius 2 is 0.775 bits per heavy atom. The Hall–Kier alpha value is -0.300. The van der Waals surface area contributed by atoms with Gasteiger partial charge >= 0.3 is 0 Å². The molecule has 0 aliphatic carbocycles. The van der Waals surface area contributed by atoms with Gasteiger partial charge in [-0.25, -0.2) is 0 Å². The Morgan fingerprint density at radius 3 is 1.10 bits per heavy atom. The molecule has 3 rings (SSSR count). The second-order valence-electron chi connectivity index (χ2n) is 11.3. The summed E-state index contributed by atoms with van der Waals surface area (Å²) in [7, 11) is 0. The second-order valence-corrected chi connectivity index (χ2v) is 16.2. The van der Waals surface area contributed by atoms with Gasteiger partial charge in [0, 0.05) is 10.8 Å². The third-order valence-electron chi connectivity index (χ3n) is 7.79. The van der Waals surface area contributed by atoms with Crippen LogP contribution in [0.2, 0.25) is 0 Å². The van der Waals surface area contributed by atoms with Gasteiger partial charge in [0.05, 0.1) is 30.2 Å². The highest BCUT2D eigenvalue weighted by molar-refractivity contribution is 9.11. The third-order valence-corrected chi connectivity index (χ3v) is 11.1. The number of hydrogen-bond donors (Lipinski definition) is 0. The molecule has 0 aliphatic rings. The number of fused-ring (bicyclic) bond motifs is 2. The van der Waals surface area contributed by atoms with E-state index in [1.165, 1.54) is 136 Å². The number of benzene rings is 1. The highest BCUT2D eigenvalue weighted by Gasteiger charge is 2.21. The molecule has 0 unspecified atom stereocenters. The molecular weight excluding hydrogens is 664 g/mol. The summed E-state index contributed by atoms with van der Waals surface area (Å²) in [6, 6.07) is 4.43. The van der Waals surface area contributed by atoms with Crippen molar-refractivity contribution in [2.45, 2.75) is 142 Å². The molecule has 40 heavy (non-hydrogen) atoms. The predicted octanol–water partition coefficient (Wildman–Crippen LogP) is 14.2. The lowest BCUT2D eigenvalue weighted by molar-refractivity contribution is 0.307. The van der Waals surface area contributed by atoms with E-state index in [1.807, 2.05) is 0 Å². The molecule has 6 heteroatoms. The number of halogens is 2. The zero-order valence-electron chi connectivity index (χ0n) is 25.1. The predicted molar refractivity (Wildman–Crippen MR) is 187 cm³/mol. The van der Waals surface area contributed by atoms with E-state index in [-0.39, 0.29) is 0 Å². The topological polar surface area (TPSA) is 18.5 Å². The van der Waals surface area contributed by atoms with Gasteiger partial charge in [-0.15, -0.1) is 22.7 Å². The van der Waals surface area contributed by atoms with Gasteiger partial charge < -0.3 is 9.47 Å². The van der Waals surface area contributed by atoms with Gasteiger partial charge in [-0.05, 0) is 56.8 Å². The molecule has 2 heterocycles. The first kappa shape index (κ1) is 34.2. The molecule has 0 saturated carbocycles. The van der Waals surface area contributed by atoms with Crippen LogP contribution < -0.4 is 9.47 Å². The molecule has 226 valence electrons. The summed E-state index contributed by atoms with van der Waals surface area (Å²) in [6.45, 7) is 6.13. The minimum Gasteiger partial charge on any atom is -0.491 e. The van der Waals surface area contributed by atoms with E-state index in [9.17, 15) is 0 Å². The van der Waals surface area contributed by atoms with Crippen molar-refractivity contribution in [3.63, 3.8) is 0 Å². The van der Waals surface area contributed by atoms with E-state index in [0.717, 1.165) is 45.1 Å². The number of ether oxygens (including phenoxy) is 2. The fourth-order valence-electron chi connectivity index (χ4n) is 5.46. The highest BCUT2D eigenvalue weighted by Crippen LogP contribution is 2.51. The van der Waals surface area contributed by atoms with E-state index < -0.39 is 0 Å². The number of rotatable bonds is 24. The Bertz CT molecular complexity index is 952. The number of hydrogen-bond acceptors (Lipinski definition) is 4. The van der Waals surface area contributed by atoms with Gasteiger partial charge in [0.15, 0.2) is 0 Å². The smallest absolute Gasteiger partial charge is 0.146 e. The molecular formula is C34H52Br2O2S2. The molecule has 0 N–H and O–H groups in total. The molecule has 0 bridgehead atoms. The van der Waals surface area contributed by atoms with Crippen LogP contribution in [-0.2, 0) is 0 Å². The van der Waals surface area contributed by atoms with Crippen molar-refractivity contribution < 1.29 is 9.47 Å². The van der Waals surface area contributed by atoms with Crippen molar-refractivity contribution in [3.05, 3.63) is 19.7 Å². The second kappa shape index (κ2) is 20.6. The van der Waals surface area contributed by atoms with Crippen molar-refractivity contribution in [2.24, 2.45) is 0 Å². The lowest BCUT2D eigenvalue weighted by Gasteiger charge is -2.14. The van der Waals surface area contributed by atoms with Gasteiger partial charge in [-0.1, -0.05) is 129 Å². The van der Waals surface area contributed by atoms with Gasteiger partial charge in [0.1, 0.15) is 11.5 Å². The summed E-state index contributed by atoms with van der Waals surface area (Å²) in [6.07, 6.45) is 26.8. The molecule has 0 aliphatic heterocycles. The molecule has 0 amide bonds. The maximum atomic E-state index is 6.52. The molecule has 0 radical (unpaired) electrons. The Balaban J connectivity index is 1.47. The van der Waals surface area contributed by atoms with Crippen molar-refractivity contribution in [1.82, 2.24) is 0 Å². The molecule has 2 aromatic heterocycles. The summed E-state index contributed by atoms with van der Waals surface area (Å²) in [5.41, 5.74) is 0. The molecule has 0 saturated heterocycles. The summed E-state index contributed by atoms with van der Waals surface area (Å²) < 4.78 is 17.7. The third kappa shape index (κ3) is 11.8. The van der Waals surface area contributed by atoms with E-state index in [1.54, 1.807) is 22.7 Å². The van der Waals surface area contributed by atoms with E-state index in [2.05, 4.69) is 57.8 Å². The Kier molecular flexibility index (Phi) is 17.6. The Labute approximate surface area is 269 Å². The zero-order valence-corrected chi connectivity index (χ0v) is 29.9. The molecule has 1 aromatic carbocycles. The van der Waals surface area contributed by atoms with Crippen LogP contribution in [0.1, 0.15) is 142 Å². The van der Waals surface area contributed by atoms with Gasteiger partial charge in [0.2, 0.25) is 0 Å². The van der Waals surface area contributed by atoms with Gasteiger partial charge in [-0.2, -0.15) is 0 Å². The van der Waals surface area contributed by atoms with Gasteiger partial charge in [-0.3, -0.25) is 0 Å². The normalized spacial score (nSPS) is 11.7. The van der Waals surface area contributed by atoms with E-state index in [4.69, 9.17) is 9.47 Å². The highest BCUT2D eigenvalue weighted by atomic mass is 79.9. The summed E-state index contributed by atoms with van der Waals surface area (Å²) in [5.74, 6) is 2.06. The van der Waals surface area contributed by atoms with Crippen molar-refractivity contribution in [2.75, 3.05) is 13.2 Å². The molecule has 0 fully saturated rings. The fourth-order valence-corrected chi connectivity index (χ4v) is 8.67. The fraction of sp³-hybridized carbons (Fsp3) is 0.706. The van der Waals surface area contributed by atoms with Crippen LogP contribution >= 0.6 is 54.5 Å². The van der Waals surface area contributed by atoms with Crippen molar-refractivity contribution in [1.29, 1.82) is 0 Å². The SMILES string of the molecule is CCCCCCCCCCCCOc1c2cc(Br)sc2c(OCCCCCCCCCCCC)c2cc(Br)sc12. The average Bonchev–Trinajstić information content (AvgIpc) is 3.52. The largest absolute Gasteiger partial charge is 0.491 e. The maximum absolute atomic E-state index is 6.52. The molecule has 0 spiro atoms. The van der Waals surface area contributed by atoms with E-state index in [0.29, 0.717) is 0 Å². The summed E-state index contributed by atoms with van der Waals surface area (Å²) in [5, 5.41) is 2.37.